The molecule has 0 aromatic heterocycles. The zero-order valence-corrected chi connectivity index (χ0v) is 16.9. The van der Waals surface area contributed by atoms with E-state index in [-0.39, 0.29) is 18.1 Å². The summed E-state index contributed by atoms with van der Waals surface area (Å²) in [6.45, 7) is 0. The van der Waals surface area contributed by atoms with Gasteiger partial charge in [-0.2, -0.15) is 0 Å². The molecule has 3 N–H and O–H groups in total. The molecule has 1 aromatic carbocycles. The SMILES string of the molecule is O=C(O)c1ccccc1CCC1=C[C@H]2C[C@@H](O)[C@@H](/C=C/[C@@H](O)C3CCCC3)[C@H]2C1. The molecule has 4 nitrogen and oxygen atoms in total. The molecule has 156 valence electrons. The van der Waals surface area contributed by atoms with Crippen molar-refractivity contribution in [2.24, 2.45) is 23.7 Å². The zero-order chi connectivity index (χ0) is 20.4. The average Bonchev–Trinajstić information content (AvgIpc) is 3.42. The van der Waals surface area contributed by atoms with E-state index in [4.69, 9.17) is 0 Å². The van der Waals surface area contributed by atoms with E-state index >= 15 is 0 Å². The third kappa shape index (κ3) is 4.49. The van der Waals surface area contributed by atoms with Gasteiger partial charge >= 0.3 is 5.97 Å². The lowest BCUT2D eigenvalue weighted by molar-refractivity contribution is 0.0695. The van der Waals surface area contributed by atoms with Crippen molar-refractivity contribution < 1.29 is 20.1 Å². The van der Waals surface area contributed by atoms with Crippen LogP contribution in [-0.4, -0.2) is 33.5 Å². The molecule has 2 fully saturated rings. The monoisotopic (exact) mass is 396 g/mol. The van der Waals surface area contributed by atoms with E-state index in [0.29, 0.717) is 23.3 Å². The Hall–Kier alpha value is -1.91. The minimum absolute atomic E-state index is 0.108. The van der Waals surface area contributed by atoms with Crippen LogP contribution in [0.3, 0.4) is 0 Å². The van der Waals surface area contributed by atoms with Gasteiger partial charge in [-0.1, -0.05) is 54.8 Å². The van der Waals surface area contributed by atoms with Gasteiger partial charge in [-0.3, -0.25) is 0 Å². The van der Waals surface area contributed by atoms with E-state index in [1.807, 2.05) is 18.2 Å². The zero-order valence-electron chi connectivity index (χ0n) is 16.9. The van der Waals surface area contributed by atoms with Crippen LogP contribution < -0.4 is 0 Å². The van der Waals surface area contributed by atoms with E-state index in [1.165, 1.54) is 18.4 Å². The number of carboxylic acid groups (broad SMARTS) is 1. The predicted molar refractivity (Wildman–Crippen MR) is 113 cm³/mol. The normalized spacial score (nSPS) is 30.6. The molecule has 0 aliphatic heterocycles. The van der Waals surface area contributed by atoms with Crippen LogP contribution in [0.15, 0.2) is 48.1 Å². The minimum atomic E-state index is -0.869. The van der Waals surface area contributed by atoms with Crippen molar-refractivity contribution in [2.45, 2.75) is 63.6 Å². The highest BCUT2D eigenvalue weighted by Crippen LogP contribution is 2.48. The molecule has 2 saturated carbocycles. The van der Waals surface area contributed by atoms with Crippen molar-refractivity contribution in [2.75, 3.05) is 0 Å². The van der Waals surface area contributed by atoms with Gasteiger partial charge in [0.15, 0.2) is 0 Å². The van der Waals surface area contributed by atoms with Crippen LogP contribution in [0.25, 0.3) is 0 Å². The number of hydrogen-bond donors (Lipinski definition) is 3. The Balaban J connectivity index is 1.36. The summed E-state index contributed by atoms with van der Waals surface area (Å²) in [6, 6.07) is 7.23. The number of carbonyl (C=O) groups is 1. The van der Waals surface area contributed by atoms with Crippen molar-refractivity contribution in [3.05, 3.63) is 59.2 Å². The molecule has 4 rings (SSSR count). The molecule has 0 bridgehead atoms. The first-order valence-electron chi connectivity index (χ1n) is 11.1. The number of aryl methyl sites for hydroxylation is 1. The van der Waals surface area contributed by atoms with Gasteiger partial charge in [0.2, 0.25) is 0 Å². The molecular formula is C25H32O4. The Morgan fingerprint density at radius 2 is 1.93 bits per heavy atom. The highest BCUT2D eigenvalue weighted by Gasteiger charge is 2.43. The van der Waals surface area contributed by atoms with Crippen LogP contribution in [0.5, 0.6) is 0 Å². The van der Waals surface area contributed by atoms with Gasteiger partial charge in [0.25, 0.3) is 0 Å². The lowest BCUT2D eigenvalue weighted by atomic mass is 9.87. The summed E-state index contributed by atoms with van der Waals surface area (Å²) >= 11 is 0. The van der Waals surface area contributed by atoms with Gasteiger partial charge in [-0.05, 0) is 67.9 Å². The molecule has 0 radical (unpaired) electrons. The number of aliphatic hydroxyl groups excluding tert-OH is 2. The Kier molecular flexibility index (Phi) is 6.21. The molecule has 0 spiro atoms. The quantitative estimate of drug-likeness (QED) is 0.598. The Bertz CT molecular complexity index is 790. The van der Waals surface area contributed by atoms with Gasteiger partial charge in [0.1, 0.15) is 0 Å². The fourth-order valence-electron chi connectivity index (χ4n) is 5.73. The highest BCUT2D eigenvalue weighted by atomic mass is 16.4. The molecule has 5 atom stereocenters. The van der Waals surface area contributed by atoms with Gasteiger partial charge in [-0.25, -0.2) is 4.79 Å². The van der Waals surface area contributed by atoms with Crippen LogP contribution in [0, 0.1) is 23.7 Å². The Labute approximate surface area is 173 Å². The van der Waals surface area contributed by atoms with Crippen molar-refractivity contribution >= 4 is 5.97 Å². The van der Waals surface area contributed by atoms with Crippen molar-refractivity contribution in [1.29, 1.82) is 0 Å². The van der Waals surface area contributed by atoms with Gasteiger partial charge in [0.05, 0.1) is 17.8 Å². The third-order valence-corrected chi connectivity index (χ3v) is 7.33. The van der Waals surface area contributed by atoms with Gasteiger partial charge in [-0.15, -0.1) is 0 Å². The lowest BCUT2D eigenvalue weighted by Crippen LogP contribution is -2.20. The second-order valence-electron chi connectivity index (χ2n) is 9.12. The number of aromatic carboxylic acids is 1. The molecule has 4 heteroatoms. The molecular weight excluding hydrogens is 364 g/mol. The maximum atomic E-state index is 11.4. The number of rotatable bonds is 7. The molecule has 0 unspecified atom stereocenters. The first-order chi connectivity index (χ1) is 14.0. The van der Waals surface area contributed by atoms with Crippen LogP contribution in [0.4, 0.5) is 0 Å². The number of hydrogen-bond acceptors (Lipinski definition) is 3. The number of benzene rings is 1. The van der Waals surface area contributed by atoms with Gasteiger partial charge in [0, 0.05) is 5.92 Å². The molecule has 0 amide bonds. The van der Waals surface area contributed by atoms with Crippen LogP contribution in [0.1, 0.15) is 60.9 Å². The Morgan fingerprint density at radius 1 is 1.17 bits per heavy atom. The topological polar surface area (TPSA) is 77.8 Å². The first kappa shape index (κ1) is 20.4. The average molecular weight is 397 g/mol. The molecule has 29 heavy (non-hydrogen) atoms. The van der Waals surface area contributed by atoms with E-state index < -0.39 is 5.97 Å². The van der Waals surface area contributed by atoms with E-state index in [2.05, 4.69) is 12.2 Å². The maximum absolute atomic E-state index is 11.4. The summed E-state index contributed by atoms with van der Waals surface area (Å²) in [5.41, 5.74) is 2.65. The van der Waals surface area contributed by atoms with Crippen LogP contribution in [-0.2, 0) is 6.42 Å². The second-order valence-corrected chi connectivity index (χ2v) is 9.12. The summed E-state index contributed by atoms with van der Waals surface area (Å²) in [4.78, 5) is 11.4. The summed E-state index contributed by atoms with van der Waals surface area (Å²) in [5.74, 6) is 0.421. The summed E-state index contributed by atoms with van der Waals surface area (Å²) in [5, 5.41) is 30.3. The van der Waals surface area contributed by atoms with E-state index in [9.17, 15) is 20.1 Å². The van der Waals surface area contributed by atoms with Crippen molar-refractivity contribution in [3.63, 3.8) is 0 Å². The lowest BCUT2D eigenvalue weighted by Gasteiger charge is -2.20. The highest BCUT2D eigenvalue weighted by molar-refractivity contribution is 5.89. The smallest absolute Gasteiger partial charge is 0.335 e. The van der Waals surface area contributed by atoms with E-state index in [1.54, 1.807) is 12.1 Å². The minimum Gasteiger partial charge on any atom is -0.478 e. The molecule has 3 aliphatic rings. The Morgan fingerprint density at radius 3 is 2.69 bits per heavy atom. The number of fused-ring (bicyclic) bond motifs is 1. The van der Waals surface area contributed by atoms with E-state index in [0.717, 1.165) is 44.1 Å². The maximum Gasteiger partial charge on any atom is 0.335 e. The third-order valence-electron chi connectivity index (χ3n) is 7.33. The van der Waals surface area contributed by atoms with Crippen molar-refractivity contribution in [3.8, 4) is 0 Å². The molecule has 3 aliphatic carbocycles. The van der Waals surface area contributed by atoms with Gasteiger partial charge < -0.3 is 15.3 Å². The van der Waals surface area contributed by atoms with Crippen LogP contribution >= 0.6 is 0 Å². The number of allylic oxidation sites excluding steroid dienone is 2. The number of aliphatic hydroxyl groups is 2. The first-order valence-corrected chi connectivity index (χ1v) is 11.1. The molecule has 0 heterocycles. The van der Waals surface area contributed by atoms with Crippen LogP contribution in [0.2, 0.25) is 0 Å². The fourth-order valence-corrected chi connectivity index (χ4v) is 5.73. The fraction of sp³-hybridized carbons (Fsp3) is 0.560. The summed E-state index contributed by atoms with van der Waals surface area (Å²) in [7, 11) is 0. The predicted octanol–water partition coefficient (Wildman–Crippen LogP) is 4.37. The second kappa shape index (κ2) is 8.85. The largest absolute Gasteiger partial charge is 0.478 e. The molecule has 0 saturated heterocycles. The molecule has 1 aromatic rings. The standard InChI is InChI=1S/C25H32O4/c26-23(18-6-1-2-7-18)12-11-21-22-14-16(13-19(22)15-24(21)27)9-10-17-5-3-4-8-20(17)25(28)29/h3-5,8,11-13,18-19,21-24,26-27H,1-2,6-7,9-10,14-15H2,(H,28,29)/b12-11+/t19-,21-,22-,23+,24+/m0/s1. The summed E-state index contributed by atoms with van der Waals surface area (Å²) in [6.07, 6.45) is 13.6. The number of carboxylic acids is 1. The summed E-state index contributed by atoms with van der Waals surface area (Å²) < 4.78 is 0. The van der Waals surface area contributed by atoms with Crippen molar-refractivity contribution in [1.82, 2.24) is 0 Å².